The van der Waals surface area contributed by atoms with Crippen molar-refractivity contribution in [2.45, 2.75) is 0 Å². The summed E-state index contributed by atoms with van der Waals surface area (Å²) in [6.45, 7) is 6.50. The van der Waals surface area contributed by atoms with E-state index in [4.69, 9.17) is 0 Å². The first kappa shape index (κ1) is 19.0. The Morgan fingerprint density at radius 1 is 1.60 bits per heavy atom. The largest absolute Gasteiger partial charge is 2.00 e. The first-order valence-electron chi connectivity index (χ1n) is 0.816. The van der Waals surface area contributed by atoms with Crippen LogP contribution in [0.2, 0.25) is 0 Å². The third kappa shape index (κ3) is 539. The van der Waals surface area contributed by atoms with Gasteiger partial charge in [-0.1, -0.05) is 0 Å². The van der Waals surface area contributed by atoms with Crippen LogP contribution in [0.5, 0.6) is 0 Å². The molecule has 0 aliphatic rings. The fraction of sp³-hybridized carbons (Fsp3) is 0. The molecule has 0 aliphatic carbocycles. The van der Waals surface area contributed by atoms with Crippen LogP contribution in [-0.2, 0) is 19.5 Å². The summed E-state index contributed by atoms with van der Waals surface area (Å²) in [5.41, 5.74) is 0. The summed E-state index contributed by atoms with van der Waals surface area (Å²) in [7, 11) is 0. The molecule has 0 amide bonds. The minimum absolute atomic E-state index is 0. The van der Waals surface area contributed by atoms with Crippen LogP contribution < -0.4 is 0 Å². The van der Waals surface area contributed by atoms with E-state index in [0.717, 1.165) is 0 Å². The molecule has 0 saturated heterocycles. The van der Waals surface area contributed by atoms with E-state index in [2.05, 4.69) is 13.5 Å². The number of hydrogen-bond acceptors (Lipinski definition) is 0. The van der Waals surface area contributed by atoms with Crippen LogP contribution in [0.1, 0.15) is 0 Å². The van der Waals surface area contributed by atoms with E-state index in [0.29, 0.717) is 0 Å². The summed E-state index contributed by atoms with van der Waals surface area (Å²) in [6, 6.07) is 0. The fourth-order valence-electron chi connectivity index (χ4n) is 0. The van der Waals surface area contributed by atoms with Gasteiger partial charge in [-0.05, 0) is 0 Å². The van der Waals surface area contributed by atoms with E-state index >= 15 is 0 Å². The predicted molar refractivity (Wildman–Crippen MR) is 20.8 cm³/mol. The summed E-state index contributed by atoms with van der Waals surface area (Å²) < 4.78 is 0. The zero-order valence-corrected chi connectivity index (χ0v) is 6.24. The molecule has 0 saturated carbocycles. The van der Waals surface area contributed by atoms with Gasteiger partial charge in [0.1, 0.15) is 0 Å². The molecular formula is C3H7NZn. The van der Waals surface area contributed by atoms with E-state index in [-0.39, 0.29) is 25.6 Å². The van der Waals surface area contributed by atoms with Gasteiger partial charge in [0, 0.05) is 0 Å². The summed E-state index contributed by atoms with van der Waals surface area (Å²) in [6.07, 6.45) is 1.50. The van der Waals surface area contributed by atoms with Crippen molar-refractivity contribution in [2.75, 3.05) is 0 Å². The molecule has 0 aromatic rings. The molecule has 0 radical (unpaired) electrons. The molecule has 2 N–H and O–H groups in total. The zero-order chi connectivity index (χ0) is 2.71. The molecule has 2 heteroatoms. The smallest absolute Gasteiger partial charge is 0.693 e. The number of allylic oxidation sites excluding steroid dienone is 1. The average molecular weight is 122 g/mol. The van der Waals surface area contributed by atoms with Crippen LogP contribution in [-0.4, -0.2) is 0 Å². The first-order valence-corrected chi connectivity index (χ1v) is 0.816. The minimum Gasteiger partial charge on any atom is -0.693 e. The van der Waals surface area contributed by atoms with Crippen molar-refractivity contribution >= 4 is 0 Å². The molecule has 0 unspecified atom stereocenters. The van der Waals surface area contributed by atoms with Gasteiger partial charge in [0.15, 0.2) is 0 Å². The van der Waals surface area contributed by atoms with E-state index in [1.165, 1.54) is 6.08 Å². The van der Waals surface area contributed by atoms with Crippen LogP contribution >= 0.6 is 0 Å². The molecule has 0 aromatic carbocycles. The Morgan fingerprint density at radius 3 is 1.60 bits per heavy atom. The summed E-state index contributed by atoms with van der Waals surface area (Å²) in [5, 5.41) is 0. The molecule has 5 heavy (non-hydrogen) atoms. The second-order valence-electron chi connectivity index (χ2n) is 0.289. The van der Waals surface area contributed by atoms with Crippen LogP contribution in [0.15, 0.2) is 12.7 Å². The van der Waals surface area contributed by atoms with Gasteiger partial charge in [0.25, 0.3) is 0 Å². The fourth-order valence-corrected chi connectivity index (χ4v) is 0. The van der Waals surface area contributed by atoms with Crippen LogP contribution in [0.25, 0.3) is 6.15 Å². The Balaban J connectivity index is -0.0000000200. The normalized spacial score (nSPS) is 2.40. The Bertz CT molecular complexity index is 14.4. The Hall–Kier alpha value is 0.193. The minimum atomic E-state index is 0. The third-order valence-corrected chi connectivity index (χ3v) is 0. The summed E-state index contributed by atoms with van der Waals surface area (Å²) in [4.78, 5) is 0. The van der Waals surface area contributed by atoms with Gasteiger partial charge in [-0.3, -0.25) is 0 Å². The number of rotatable bonds is 0. The second-order valence-corrected chi connectivity index (χ2v) is 0.289. The van der Waals surface area contributed by atoms with Crippen LogP contribution in [0.3, 0.4) is 0 Å². The van der Waals surface area contributed by atoms with Crippen molar-refractivity contribution in [3.63, 3.8) is 0 Å². The Kier molecular flexibility index (Phi) is 114. The second kappa shape index (κ2) is 30.0. The molecule has 26 valence electrons. The van der Waals surface area contributed by atoms with Crippen molar-refractivity contribution in [3.8, 4) is 0 Å². The predicted octanol–water partition coefficient (Wildman–Crippen LogP) is 1.72. The van der Waals surface area contributed by atoms with Crippen molar-refractivity contribution in [1.29, 1.82) is 0 Å². The molecule has 0 aromatic heterocycles. The van der Waals surface area contributed by atoms with Gasteiger partial charge in [-0.2, -0.15) is 0 Å². The molecule has 0 bridgehead atoms. The van der Waals surface area contributed by atoms with E-state index in [1.54, 1.807) is 0 Å². The van der Waals surface area contributed by atoms with Crippen molar-refractivity contribution in [2.24, 2.45) is 0 Å². The van der Waals surface area contributed by atoms with Crippen molar-refractivity contribution in [1.82, 2.24) is 0 Å². The van der Waals surface area contributed by atoms with Gasteiger partial charge in [0.2, 0.25) is 0 Å². The third-order valence-electron chi connectivity index (χ3n) is 0. The molecule has 0 atom stereocenters. The molecule has 0 heterocycles. The monoisotopic (exact) mass is 121 g/mol. The van der Waals surface area contributed by atoms with Crippen molar-refractivity contribution in [3.05, 3.63) is 25.7 Å². The maximum atomic E-state index is 3.25. The maximum absolute atomic E-state index is 3.25. The molecule has 1 nitrogen and oxygen atoms in total. The van der Waals surface area contributed by atoms with Gasteiger partial charge >= 0.3 is 19.5 Å². The number of nitrogens with two attached hydrogens (primary N) is 1. The quantitative estimate of drug-likeness (QED) is 0.346. The Labute approximate surface area is 45.8 Å². The molecule has 0 fully saturated rings. The van der Waals surface area contributed by atoms with Crippen LogP contribution in [0.4, 0.5) is 0 Å². The molecule has 0 spiro atoms. The number of hydrogen-bond donors (Lipinski definition) is 0. The van der Waals surface area contributed by atoms with E-state index < -0.39 is 0 Å². The van der Waals surface area contributed by atoms with Crippen LogP contribution in [0, 0.1) is 6.92 Å². The van der Waals surface area contributed by atoms with Gasteiger partial charge in [-0.15, -0.1) is 0 Å². The summed E-state index contributed by atoms with van der Waals surface area (Å²) >= 11 is 0. The van der Waals surface area contributed by atoms with E-state index in [1.807, 2.05) is 0 Å². The Morgan fingerprint density at radius 2 is 1.60 bits per heavy atom. The molecule has 0 aliphatic heterocycles. The summed E-state index contributed by atoms with van der Waals surface area (Å²) in [5.74, 6) is 0. The zero-order valence-electron chi connectivity index (χ0n) is 3.28. The first-order chi connectivity index (χ1) is 1.41. The van der Waals surface area contributed by atoms with Gasteiger partial charge in [-0.25, -0.2) is 19.6 Å². The molecule has 0 rings (SSSR count). The molecular weight excluding hydrogens is 115 g/mol. The standard InChI is InChI=1S/C3H5.H2N.Zn/c1-3-2;;/h3H,1-2H2;1H2;/q2*-1;+2. The van der Waals surface area contributed by atoms with Gasteiger partial charge < -0.3 is 6.15 Å². The maximum Gasteiger partial charge on any atom is 2.00 e. The van der Waals surface area contributed by atoms with Crippen molar-refractivity contribution < 1.29 is 19.5 Å². The van der Waals surface area contributed by atoms with Gasteiger partial charge in [0.05, 0.1) is 0 Å². The van der Waals surface area contributed by atoms with E-state index in [9.17, 15) is 0 Å². The SMILES string of the molecule is C=C[CH2-].[NH2-].[Zn+2]. The average Bonchev–Trinajstić information content (AvgIpc) is 0.918. The topological polar surface area (TPSA) is 33.5 Å².